The Balaban J connectivity index is 0.000000426. The van der Waals surface area contributed by atoms with Crippen molar-refractivity contribution in [2.75, 3.05) is 32.0 Å². The van der Waals surface area contributed by atoms with Gasteiger partial charge >= 0.3 is 24.3 Å². The number of sulfonamides is 1. The van der Waals surface area contributed by atoms with Crippen LogP contribution in [0.4, 0.5) is 26.3 Å². The van der Waals surface area contributed by atoms with Crippen molar-refractivity contribution in [2.45, 2.75) is 51.2 Å². The highest BCUT2D eigenvalue weighted by atomic mass is 32.2. The van der Waals surface area contributed by atoms with Gasteiger partial charge in [-0.05, 0) is 37.8 Å². The van der Waals surface area contributed by atoms with Crippen molar-refractivity contribution in [3.63, 3.8) is 0 Å². The van der Waals surface area contributed by atoms with Gasteiger partial charge in [0.15, 0.2) is 0 Å². The maximum absolute atomic E-state index is 11.7. The smallest absolute Gasteiger partial charge is 0.475 e. The SMILES string of the molecule is CCS(=O)(=O)NCC[C@@]12CCO[C@@H]1CCN(Cc1cccnc1)C2.O=C(O)C(F)(F)F.O=C(O)C(F)(F)F. The first-order chi connectivity index (χ1) is 17.4. The van der Waals surface area contributed by atoms with Crippen LogP contribution in [0, 0.1) is 5.41 Å². The number of aromatic nitrogens is 1. The van der Waals surface area contributed by atoms with Gasteiger partial charge < -0.3 is 14.9 Å². The minimum Gasteiger partial charge on any atom is -0.475 e. The molecule has 17 heteroatoms. The van der Waals surface area contributed by atoms with Crippen LogP contribution in [0.3, 0.4) is 0 Å². The molecule has 10 nitrogen and oxygen atoms in total. The van der Waals surface area contributed by atoms with Crippen LogP contribution >= 0.6 is 0 Å². The van der Waals surface area contributed by atoms with Crippen LogP contribution in [0.5, 0.6) is 0 Å². The van der Waals surface area contributed by atoms with E-state index in [2.05, 4.69) is 20.7 Å². The lowest BCUT2D eigenvalue weighted by Gasteiger charge is -2.44. The van der Waals surface area contributed by atoms with Crippen molar-refractivity contribution in [1.82, 2.24) is 14.6 Å². The maximum Gasteiger partial charge on any atom is 0.490 e. The predicted octanol–water partition coefficient (Wildman–Crippen LogP) is 2.66. The van der Waals surface area contributed by atoms with Gasteiger partial charge in [-0.15, -0.1) is 0 Å². The van der Waals surface area contributed by atoms with E-state index in [4.69, 9.17) is 24.5 Å². The molecule has 2 fully saturated rings. The number of pyridine rings is 1. The largest absolute Gasteiger partial charge is 0.490 e. The van der Waals surface area contributed by atoms with E-state index >= 15 is 0 Å². The lowest BCUT2D eigenvalue weighted by molar-refractivity contribution is -0.193. The van der Waals surface area contributed by atoms with Gasteiger partial charge in [-0.3, -0.25) is 9.88 Å². The Morgan fingerprint density at radius 1 is 1.18 bits per heavy atom. The first-order valence-corrected chi connectivity index (χ1v) is 12.9. The minimum absolute atomic E-state index is 0.0662. The highest BCUT2D eigenvalue weighted by molar-refractivity contribution is 7.89. The molecular formula is C21H29F6N3O7S. The molecular weight excluding hydrogens is 552 g/mol. The zero-order valence-corrected chi connectivity index (χ0v) is 21.1. The molecule has 0 saturated carbocycles. The molecule has 2 saturated heterocycles. The first kappa shape index (κ1) is 33.5. The van der Waals surface area contributed by atoms with E-state index in [1.807, 2.05) is 12.3 Å². The molecule has 0 bridgehead atoms. The minimum atomic E-state index is -5.08. The first-order valence-electron chi connectivity index (χ1n) is 11.2. The van der Waals surface area contributed by atoms with Gasteiger partial charge in [-0.25, -0.2) is 22.7 Å². The number of hydrogen-bond donors (Lipinski definition) is 3. The van der Waals surface area contributed by atoms with E-state index < -0.39 is 34.3 Å². The number of hydrogen-bond acceptors (Lipinski definition) is 7. The molecule has 3 N–H and O–H groups in total. The summed E-state index contributed by atoms with van der Waals surface area (Å²) in [5, 5.41) is 14.2. The third-order valence-electron chi connectivity index (χ3n) is 5.79. The summed E-state index contributed by atoms with van der Waals surface area (Å²) in [6.45, 7) is 5.81. The highest BCUT2D eigenvalue weighted by Crippen LogP contribution is 2.43. The number of fused-ring (bicyclic) bond motifs is 1. The molecule has 3 heterocycles. The van der Waals surface area contributed by atoms with Crippen molar-refractivity contribution < 1.29 is 59.3 Å². The molecule has 1 aromatic rings. The second kappa shape index (κ2) is 14.0. The molecule has 0 unspecified atom stereocenters. The Hall–Kier alpha value is -2.50. The Bertz CT molecular complexity index is 985. The number of rotatable bonds is 7. The molecule has 1 aromatic heterocycles. The van der Waals surface area contributed by atoms with Crippen LogP contribution in [-0.4, -0.2) is 90.9 Å². The summed E-state index contributed by atoms with van der Waals surface area (Å²) in [4.78, 5) is 24.4. The van der Waals surface area contributed by atoms with E-state index in [0.717, 1.165) is 45.5 Å². The summed E-state index contributed by atoms with van der Waals surface area (Å²) in [6.07, 6.45) is -3.34. The average molecular weight is 582 g/mol. The molecule has 38 heavy (non-hydrogen) atoms. The van der Waals surface area contributed by atoms with E-state index in [9.17, 15) is 34.8 Å². The van der Waals surface area contributed by atoms with Gasteiger partial charge in [0.2, 0.25) is 10.0 Å². The molecule has 2 atom stereocenters. The Morgan fingerprint density at radius 3 is 2.24 bits per heavy atom. The van der Waals surface area contributed by atoms with Crippen LogP contribution in [0.1, 0.15) is 31.7 Å². The van der Waals surface area contributed by atoms with Gasteiger partial charge in [0.1, 0.15) is 0 Å². The molecule has 2 aliphatic rings. The fourth-order valence-corrected chi connectivity index (χ4v) is 4.56. The zero-order valence-electron chi connectivity index (χ0n) is 20.3. The predicted molar refractivity (Wildman–Crippen MR) is 120 cm³/mol. The summed E-state index contributed by atoms with van der Waals surface area (Å²) < 4.78 is 95.5. The monoisotopic (exact) mass is 581 g/mol. The molecule has 0 aromatic carbocycles. The molecule has 0 aliphatic carbocycles. The van der Waals surface area contributed by atoms with Gasteiger partial charge in [-0.1, -0.05) is 6.07 Å². The number of halogens is 6. The van der Waals surface area contributed by atoms with Gasteiger partial charge in [0, 0.05) is 50.6 Å². The van der Waals surface area contributed by atoms with Crippen molar-refractivity contribution in [1.29, 1.82) is 0 Å². The zero-order chi connectivity index (χ0) is 29.2. The Kier molecular flexibility index (Phi) is 12.4. The lowest BCUT2D eigenvalue weighted by atomic mass is 9.74. The van der Waals surface area contributed by atoms with E-state index in [-0.39, 0.29) is 17.3 Å². The van der Waals surface area contributed by atoms with Gasteiger partial charge in [-0.2, -0.15) is 26.3 Å². The topological polar surface area (TPSA) is 146 Å². The van der Waals surface area contributed by atoms with E-state index in [0.29, 0.717) is 6.54 Å². The summed E-state index contributed by atoms with van der Waals surface area (Å²) in [5.41, 5.74) is 1.29. The highest BCUT2D eigenvalue weighted by Gasteiger charge is 2.47. The van der Waals surface area contributed by atoms with Crippen molar-refractivity contribution in [3.8, 4) is 0 Å². The van der Waals surface area contributed by atoms with Crippen LogP contribution in [0.25, 0.3) is 0 Å². The maximum atomic E-state index is 11.7. The van der Waals surface area contributed by atoms with Crippen LogP contribution in [0.2, 0.25) is 0 Å². The van der Waals surface area contributed by atoms with Crippen molar-refractivity contribution in [2.24, 2.45) is 5.41 Å². The van der Waals surface area contributed by atoms with E-state index in [1.54, 1.807) is 13.1 Å². The number of nitrogens with one attached hydrogen (secondary N) is 1. The normalized spacial score (nSPS) is 21.8. The number of aliphatic carboxylic acids is 2. The fraction of sp³-hybridized carbons (Fsp3) is 0.667. The average Bonchev–Trinajstić information content (AvgIpc) is 3.22. The number of piperidine rings is 1. The number of ether oxygens (including phenoxy) is 1. The third kappa shape index (κ3) is 11.5. The molecule has 218 valence electrons. The van der Waals surface area contributed by atoms with Gasteiger partial charge in [0.25, 0.3) is 0 Å². The number of likely N-dealkylation sites (tertiary alicyclic amines) is 1. The molecule has 0 radical (unpaired) electrons. The fourth-order valence-electron chi connectivity index (χ4n) is 3.94. The quantitative estimate of drug-likeness (QED) is 0.414. The Labute approximate surface area is 215 Å². The summed E-state index contributed by atoms with van der Waals surface area (Å²) in [5.74, 6) is -5.38. The van der Waals surface area contributed by atoms with Gasteiger partial charge in [0.05, 0.1) is 11.9 Å². The van der Waals surface area contributed by atoms with Crippen molar-refractivity contribution >= 4 is 22.0 Å². The van der Waals surface area contributed by atoms with Crippen LogP contribution in [-0.2, 0) is 30.9 Å². The number of alkyl halides is 6. The standard InChI is InChI=1S/C17H27N3O3S.2C2HF3O2/c1-2-24(21,22)19-9-6-17-7-11-23-16(17)5-10-20(14-17)13-15-4-3-8-18-12-15;2*3-2(4,5)1(6)7/h3-4,8,12,16,19H,2,5-7,9-11,13-14H2,1H3;2*(H,6,7)/t16-,17+;;/m1../s1. The summed E-state index contributed by atoms with van der Waals surface area (Å²) in [7, 11) is -3.13. The van der Waals surface area contributed by atoms with Crippen molar-refractivity contribution in [3.05, 3.63) is 30.1 Å². The second-order valence-corrected chi connectivity index (χ2v) is 10.6. The number of nitrogens with zero attached hydrogens (tertiary/aromatic N) is 2. The molecule has 2 aliphatic heterocycles. The van der Waals surface area contributed by atoms with E-state index in [1.165, 1.54) is 5.56 Å². The summed E-state index contributed by atoms with van der Waals surface area (Å²) >= 11 is 0. The third-order valence-corrected chi connectivity index (χ3v) is 7.19. The second-order valence-electron chi connectivity index (χ2n) is 8.49. The van der Waals surface area contributed by atoms with Crippen LogP contribution in [0.15, 0.2) is 24.5 Å². The lowest BCUT2D eigenvalue weighted by Crippen LogP contribution is -2.50. The Morgan fingerprint density at radius 2 is 1.76 bits per heavy atom. The number of carbonyl (C=O) groups is 2. The summed E-state index contributed by atoms with van der Waals surface area (Å²) in [6, 6.07) is 4.07. The molecule has 3 rings (SSSR count). The van der Waals surface area contributed by atoms with Crippen LogP contribution < -0.4 is 4.72 Å². The number of carboxylic acids is 2. The molecule has 0 amide bonds. The number of carboxylic acid groups (broad SMARTS) is 2. The molecule has 0 spiro atoms.